The number of aliphatic imine (C=N–C) groups is 2. The molecule has 1 aliphatic heterocycles. The number of para-hydroxylation sites is 1. The molecule has 1 aliphatic rings. The Morgan fingerprint density at radius 1 is 1.37 bits per heavy atom. The first-order chi connectivity index (χ1) is 18.3. The number of hydrogen-bond donors (Lipinski definition) is 4. The van der Waals surface area contributed by atoms with Gasteiger partial charge < -0.3 is 25.2 Å². The molecule has 1 heterocycles. The van der Waals surface area contributed by atoms with E-state index < -0.39 is 11.7 Å². The summed E-state index contributed by atoms with van der Waals surface area (Å²) in [5.41, 5.74) is 4.42. The zero-order valence-corrected chi connectivity index (χ0v) is 23.1. The highest BCUT2D eigenvalue weighted by Crippen LogP contribution is 2.41. The topological polar surface area (TPSA) is 129 Å². The molecule has 1 amide bonds. The van der Waals surface area contributed by atoms with Gasteiger partial charge in [0.1, 0.15) is 16.6 Å². The van der Waals surface area contributed by atoms with Crippen LogP contribution < -0.4 is 20.8 Å². The van der Waals surface area contributed by atoms with E-state index in [4.69, 9.17) is 21.1 Å². The van der Waals surface area contributed by atoms with Gasteiger partial charge in [0, 0.05) is 37.0 Å². The van der Waals surface area contributed by atoms with Crippen LogP contribution in [0.15, 0.2) is 61.5 Å². The van der Waals surface area contributed by atoms with Crippen LogP contribution in [0.25, 0.3) is 0 Å². The largest absolute Gasteiger partial charge is 0.506 e. The second kappa shape index (κ2) is 14.5. The van der Waals surface area contributed by atoms with Gasteiger partial charge >= 0.3 is 0 Å². The number of ether oxygens (including phenoxy) is 2. The number of nitrogens with one attached hydrogen (secondary N) is 3. The number of rotatable bonds is 11. The number of amides is 1. The number of halogens is 3. The molecule has 0 unspecified atom stereocenters. The van der Waals surface area contributed by atoms with Crippen molar-refractivity contribution in [2.24, 2.45) is 15.1 Å². The van der Waals surface area contributed by atoms with Crippen molar-refractivity contribution in [1.82, 2.24) is 10.7 Å². The zero-order chi connectivity index (χ0) is 27.5. The lowest BCUT2D eigenvalue weighted by Crippen LogP contribution is -2.22. The highest BCUT2D eigenvalue weighted by molar-refractivity contribution is 9.10. The molecule has 0 fully saturated rings. The van der Waals surface area contributed by atoms with Crippen molar-refractivity contribution in [3.63, 3.8) is 0 Å². The third-order valence-corrected chi connectivity index (χ3v) is 5.96. The van der Waals surface area contributed by atoms with E-state index >= 15 is 0 Å². The van der Waals surface area contributed by atoms with E-state index in [0.717, 1.165) is 5.56 Å². The Hall–Kier alpha value is -3.48. The van der Waals surface area contributed by atoms with Gasteiger partial charge in [-0.05, 0) is 47.5 Å². The highest BCUT2D eigenvalue weighted by Gasteiger charge is 2.17. The van der Waals surface area contributed by atoms with Crippen LogP contribution in [0, 0.1) is 6.92 Å². The molecule has 2 aromatic carbocycles. The van der Waals surface area contributed by atoms with E-state index in [9.17, 15) is 14.3 Å². The summed E-state index contributed by atoms with van der Waals surface area (Å²) in [6.07, 6.45) is 2.62. The van der Waals surface area contributed by atoms with Gasteiger partial charge in [-0.25, -0.2) is 14.8 Å². The Kier molecular flexibility index (Phi) is 11.1. The molecule has 3 rings (SSSR count). The van der Waals surface area contributed by atoms with E-state index in [1.54, 1.807) is 6.07 Å². The maximum Gasteiger partial charge on any atom is 0.262 e. The summed E-state index contributed by atoms with van der Waals surface area (Å²) >= 11 is 9.64. The summed E-state index contributed by atoms with van der Waals surface area (Å²) in [6.45, 7) is 4.74. The number of benzene rings is 2. The van der Waals surface area contributed by atoms with E-state index in [1.165, 1.54) is 18.5 Å². The zero-order valence-electron chi connectivity index (χ0n) is 20.7. The monoisotopic (exact) mass is 608 g/mol. The molecule has 0 radical (unpaired) electrons. The highest BCUT2D eigenvalue weighted by atomic mass is 79.9. The Morgan fingerprint density at radius 3 is 2.92 bits per heavy atom. The summed E-state index contributed by atoms with van der Waals surface area (Å²) in [5, 5.41) is 20.1. The number of allylic oxidation sites excluding steroid dienone is 1. The fourth-order valence-electron chi connectivity index (χ4n) is 3.12. The third kappa shape index (κ3) is 8.27. The van der Waals surface area contributed by atoms with Gasteiger partial charge in [0.25, 0.3) is 5.91 Å². The van der Waals surface area contributed by atoms with Crippen LogP contribution in [0.4, 0.5) is 10.1 Å². The Balaban J connectivity index is 1.64. The van der Waals surface area contributed by atoms with Crippen LogP contribution in [-0.2, 0) is 9.53 Å². The molecule has 0 saturated carbocycles. The van der Waals surface area contributed by atoms with Crippen LogP contribution in [-0.4, -0.2) is 55.8 Å². The SMILES string of the molecule is CCOCCNC1=C(F)CC=NC(N/N=C\c2cc(Br)c(OCC(=O)Nc3ccccc3C)c(Cl)c2O)=N1. The van der Waals surface area contributed by atoms with Gasteiger partial charge in [-0.3, -0.25) is 4.79 Å². The number of hydrogen-bond acceptors (Lipinski definition) is 9. The van der Waals surface area contributed by atoms with Crippen LogP contribution in [0.2, 0.25) is 5.02 Å². The van der Waals surface area contributed by atoms with E-state index in [2.05, 4.69) is 47.1 Å². The lowest BCUT2D eigenvalue weighted by atomic mass is 10.2. The van der Waals surface area contributed by atoms with Gasteiger partial charge in [0.2, 0.25) is 5.96 Å². The van der Waals surface area contributed by atoms with E-state index in [0.29, 0.717) is 29.9 Å². The number of carbonyl (C=O) groups excluding carboxylic acids is 1. The Morgan fingerprint density at radius 2 is 2.16 bits per heavy atom. The maximum absolute atomic E-state index is 14.2. The number of phenols is 1. The van der Waals surface area contributed by atoms with Crippen LogP contribution >= 0.6 is 27.5 Å². The second-order valence-corrected chi connectivity index (χ2v) is 9.02. The summed E-state index contributed by atoms with van der Waals surface area (Å²) in [5.74, 6) is -1.01. The minimum Gasteiger partial charge on any atom is -0.506 e. The van der Waals surface area contributed by atoms with E-state index in [1.807, 2.05) is 32.0 Å². The third-order valence-electron chi connectivity index (χ3n) is 5.02. The molecule has 2 aromatic rings. The fourth-order valence-corrected chi connectivity index (χ4v) is 4.06. The van der Waals surface area contributed by atoms with Gasteiger partial charge in [-0.1, -0.05) is 29.8 Å². The van der Waals surface area contributed by atoms with Crippen LogP contribution in [0.1, 0.15) is 24.5 Å². The van der Waals surface area contributed by atoms with Crippen molar-refractivity contribution in [3.8, 4) is 11.5 Å². The molecule has 0 saturated heterocycles. The maximum atomic E-state index is 14.2. The molecule has 0 aromatic heterocycles. The number of hydrazone groups is 1. The summed E-state index contributed by atoms with van der Waals surface area (Å²) in [6, 6.07) is 8.85. The van der Waals surface area contributed by atoms with Crippen molar-refractivity contribution >= 4 is 57.5 Å². The average molecular weight is 610 g/mol. The fraction of sp³-hybridized carbons (Fsp3) is 0.280. The van der Waals surface area contributed by atoms with Crippen molar-refractivity contribution in [1.29, 1.82) is 0 Å². The van der Waals surface area contributed by atoms with Gasteiger partial charge in [-0.2, -0.15) is 10.1 Å². The number of guanidine groups is 1. The second-order valence-electron chi connectivity index (χ2n) is 7.79. The van der Waals surface area contributed by atoms with Crippen molar-refractivity contribution < 1.29 is 23.8 Å². The number of anilines is 1. The summed E-state index contributed by atoms with van der Waals surface area (Å²) < 4.78 is 25.4. The van der Waals surface area contributed by atoms with Crippen LogP contribution in [0.3, 0.4) is 0 Å². The molecule has 10 nitrogen and oxygen atoms in total. The summed E-state index contributed by atoms with van der Waals surface area (Å²) in [7, 11) is 0. The smallest absolute Gasteiger partial charge is 0.262 e. The van der Waals surface area contributed by atoms with E-state index in [-0.39, 0.29) is 46.9 Å². The first kappa shape index (κ1) is 29.1. The lowest BCUT2D eigenvalue weighted by Gasteiger charge is -2.13. The molecule has 4 N–H and O–H groups in total. The quantitative estimate of drug-likeness (QED) is 0.167. The molecule has 38 heavy (non-hydrogen) atoms. The van der Waals surface area contributed by atoms with Crippen molar-refractivity contribution in [3.05, 3.63) is 62.6 Å². The van der Waals surface area contributed by atoms with Crippen molar-refractivity contribution in [2.75, 3.05) is 31.7 Å². The molecule has 13 heteroatoms. The first-order valence-electron chi connectivity index (χ1n) is 11.6. The summed E-state index contributed by atoms with van der Waals surface area (Å²) in [4.78, 5) is 20.5. The number of phenolic OH excluding ortho intramolecular Hbond substituents is 1. The molecule has 0 aliphatic carbocycles. The minimum atomic E-state index is -0.470. The van der Waals surface area contributed by atoms with Gasteiger partial charge in [0.15, 0.2) is 18.2 Å². The average Bonchev–Trinajstić information content (AvgIpc) is 3.06. The standard InChI is InChI=1S/C25H27BrClFN6O4/c1-3-37-11-10-29-24-18(28)8-9-30-25(33-24)34-31-13-16-12-17(26)23(21(27)22(16)36)38-14-20(35)32-19-7-5-4-6-15(19)2/h4-7,9,12-13,29,36H,3,8,10-11,14H2,1-2H3,(H,32,35)(H,33,34)/b31-13-. The number of carbonyl (C=O) groups is 1. The molecular formula is C25H27BrClFN6O4. The van der Waals surface area contributed by atoms with Gasteiger partial charge in [0.05, 0.1) is 17.3 Å². The van der Waals surface area contributed by atoms with Gasteiger partial charge in [-0.15, -0.1) is 0 Å². The number of aryl methyl sites for hydroxylation is 1. The molecular weight excluding hydrogens is 583 g/mol. The number of aromatic hydroxyl groups is 1. The Labute approximate surface area is 232 Å². The minimum absolute atomic E-state index is 0.0247. The molecule has 0 spiro atoms. The molecule has 0 bridgehead atoms. The molecule has 0 atom stereocenters. The normalized spacial score (nSPS) is 13.3. The number of nitrogens with zero attached hydrogens (tertiary/aromatic N) is 3. The Bertz CT molecular complexity index is 1280. The predicted octanol–water partition coefficient (Wildman–Crippen LogP) is 4.65. The first-order valence-corrected chi connectivity index (χ1v) is 12.8. The molecule has 202 valence electrons. The lowest BCUT2D eigenvalue weighted by molar-refractivity contribution is -0.118. The predicted molar refractivity (Wildman–Crippen MR) is 150 cm³/mol. The van der Waals surface area contributed by atoms with Crippen molar-refractivity contribution in [2.45, 2.75) is 20.3 Å². The van der Waals surface area contributed by atoms with Crippen LogP contribution in [0.5, 0.6) is 11.5 Å².